The van der Waals surface area contributed by atoms with Gasteiger partial charge >= 0.3 is 6.18 Å². The number of nitrogens with zero attached hydrogens (tertiary/aromatic N) is 4. The standard InChI is InChI=1S/C15H25F3N6/c1-4-19-14(20-9-13-23-22-10(2)24(13)3)21-12-7-5-11(6-8-12)15(16,17)18/h11-12H,4-9H2,1-3H3,(H2,19,20,21). The van der Waals surface area contributed by atoms with Gasteiger partial charge in [-0.25, -0.2) is 4.99 Å². The number of nitrogens with one attached hydrogen (secondary N) is 2. The quantitative estimate of drug-likeness (QED) is 0.648. The molecule has 0 bridgehead atoms. The fourth-order valence-corrected chi connectivity index (χ4v) is 2.82. The van der Waals surface area contributed by atoms with Crippen molar-refractivity contribution in [3.63, 3.8) is 0 Å². The van der Waals surface area contributed by atoms with E-state index in [0.29, 0.717) is 31.9 Å². The van der Waals surface area contributed by atoms with Crippen molar-refractivity contribution in [3.05, 3.63) is 11.6 Å². The second kappa shape index (κ2) is 7.85. The molecule has 6 nitrogen and oxygen atoms in total. The van der Waals surface area contributed by atoms with E-state index in [1.54, 1.807) is 0 Å². The van der Waals surface area contributed by atoms with Gasteiger partial charge in [-0.15, -0.1) is 10.2 Å². The maximum absolute atomic E-state index is 12.7. The molecule has 0 aliphatic heterocycles. The number of halogens is 3. The van der Waals surface area contributed by atoms with Gasteiger partial charge in [0.1, 0.15) is 12.4 Å². The van der Waals surface area contributed by atoms with E-state index in [4.69, 9.17) is 0 Å². The summed E-state index contributed by atoms with van der Waals surface area (Å²) in [5.41, 5.74) is 0. The molecule has 136 valence electrons. The zero-order valence-corrected chi connectivity index (χ0v) is 14.3. The predicted octanol–water partition coefficient (Wildman–Crippen LogP) is 2.30. The SMILES string of the molecule is CCNC(=NCc1nnc(C)n1C)NC1CCC(C(F)(F)F)CC1. The first-order chi connectivity index (χ1) is 11.3. The minimum atomic E-state index is -4.08. The van der Waals surface area contributed by atoms with Gasteiger partial charge in [0, 0.05) is 19.6 Å². The highest BCUT2D eigenvalue weighted by Gasteiger charge is 2.41. The van der Waals surface area contributed by atoms with Crippen molar-refractivity contribution in [3.8, 4) is 0 Å². The van der Waals surface area contributed by atoms with Gasteiger partial charge in [0.15, 0.2) is 11.8 Å². The van der Waals surface area contributed by atoms with Gasteiger partial charge < -0.3 is 15.2 Å². The molecular weight excluding hydrogens is 321 g/mol. The van der Waals surface area contributed by atoms with E-state index in [0.717, 1.165) is 11.6 Å². The van der Waals surface area contributed by atoms with Gasteiger partial charge in [-0.1, -0.05) is 0 Å². The second-order valence-electron chi connectivity index (χ2n) is 6.15. The number of aryl methyl sites for hydroxylation is 1. The number of aliphatic imine (C=N–C) groups is 1. The van der Waals surface area contributed by atoms with Crippen LogP contribution in [0.3, 0.4) is 0 Å². The van der Waals surface area contributed by atoms with Gasteiger partial charge in [-0.3, -0.25) is 0 Å². The van der Waals surface area contributed by atoms with Gasteiger partial charge in [-0.2, -0.15) is 13.2 Å². The number of alkyl halides is 3. The van der Waals surface area contributed by atoms with Crippen LogP contribution >= 0.6 is 0 Å². The summed E-state index contributed by atoms with van der Waals surface area (Å²) < 4.78 is 40.0. The molecule has 0 atom stereocenters. The van der Waals surface area contributed by atoms with E-state index < -0.39 is 12.1 Å². The molecule has 1 aromatic heterocycles. The van der Waals surface area contributed by atoms with Crippen LogP contribution in [-0.4, -0.2) is 39.5 Å². The predicted molar refractivity (Wildman–Crippen MR) is 85.5 cm³/mol. The van der Waals surface area contributed by atoms with Gasteiger partial charge in [0.2, 0.25) is 0 Å². The molecule has 1 aliphatic rings. The highest BCUT2D eigenvalue weighted by atomic mass is 19.4. The van der Waals surface area contributed by atoms with Crippen LogP contribution in [0.2, 0.25) is 0 Å². The average Bonchev–Trinajstić information content (AvgIpc) is 2.84. The topological polar surface area (TPSA) is 67.1 Å². The van der Waals surface area contributed by atoms with Crippen LogP contribution in [0.1, 0.15) is 44.3 Å². The Balaban J connectivity index is 1.92. The first-order valence-electron chi connectivity index (χ1n) is 8.27. The highest BCUT2D eigenvalue weighted by molar-refractivity contribution is 5.80. The molecule has 1 fully saturated rings. The molecule has 1 heterocycles. The smallest absolute Gasteiger partial charge is 0.357 e. The summed E-state index contributed by atoms with van der Waals surface area (Å²) in [6.45, 7) is 4.86. The molecule has 0 saturated heterocycles. The van der Waals surface area contributed by atoms with Crippen molar-refractivity contribution in [2.45, 2.75) is 58.3 Å². The largest absolute Gasteiger partial charge is 0.391 e. The second-order valence-corrected chi connectivity index (χ2v) is 6.15. The lowest BCUT2D eigenvalue weighted by Gasteiger charge is -2.31. The summed E-state index contributed by atoms with van der Waals surface area (Å²) in [6.07, 6.45) is -2.74. The lowest BCUT2D eigenvalue weighted by atomic mass is 9.85. The normalized spacial score (nSPS) is 22.5. The molecule has 24 heavy (non-hydrogen) atoms. The molecule has 0 spiro atoms. The van der Waals surface area contributed by atoms with Crippen LogP contribution in [0.25, 0.3) is 0 Å². The number of hydrogen-bond acceptors (Lipinski definition) is 3. The number of guanidine groups is 1. The Morgan fingerprint density at radius 3 is 2.42 bits per heavy atom. The molecule has 9 heteroatoms. The van der Waals surface area contributed by atoms with Crippen molar-refractivity contribution >= 4 is 5.96 Å². The van der Waals surface area contributed by atoms with E-state index in [-0.39, 0.29) is 18.9 Å². The molecule has 2 N–H and O–H groups in total. The number of aromatic nitrogens is 3. The molecule has 0 aromatic carbocycles. The van der Waals surface area contributed by atoms with Crippen LogP contribution < -0.4 is 10.6 Å². The maximum atomic E-state index is 12.7. The van der Waals surface area contributed by atoms with Crippen LogP contribution in [0, 0.1) is 12.8 Å². The number of hydrogen-bond donors (Lipinski definition) is 2. The van der Waals surface area contributed by atoms with Crippen molar-refractivity contribution in [1.82, 2.24) is 25.4 Å². The first kappa shape index (κ1) is 18.5. The zero-order chi connectivity index (χ0) is 17.7. The molecular formula is C15H25F3N6. The third kappa shape index (κ3) is 4.85. The van der Waals surface area contributed by atoms with E-state index in [1.807, 2.05) is 25.5 Å². The summed E-state index contributed by atoms with van der Waals surface area (Å²) in [6, 6.07) is 0.0163. The third-order valence-electron chi connectivity index (χ3n) is 4.44. The van der Waals surface area contributed by atoms with E-state index in [1.165, 1.54) is 0 Å². The average molecular weight is 346 g/mol. The fourth-order valence-electron chi connectivity index (χ4n) is 2.82. The Labute approximate surface area is 139 Å². The van der Waals surface area contributed by atoms with Crippen LogP contribution in [0.4, 0.5) is 13.2 Å². The van der Waals surface area contributed by atoms with Gasteiger partial charge in [0.25, 0.3) is 0 Å². The van der Waals surface area contributed by atoms with Crippen molar-refractivity contribution in [2.24, 2.45) is 18.0 Å². The Bertz CT molecular complexity index is 558. The minimum Gasteiger partial charge on any atom is -0.357 e. The van der Waals surface area contributed by atoms with Crippen LogP contribution in [0.15, 0.2) is 4.99 Å². The van der Waals surface area contributed by atoms with Crippen molar-refractivity contribution in [2.75, 3.05) is 6.54 Å². The molecule has 1 aliphatic carbocycles. The zero-order valence-electron chi connectivity index (χ0n) is 14.3. The van der Waals surface area contributed by atoms with Crippen molar-refractivity contribution in [1.29, 1.82) is 0 Å². The Kier molecular flexibility index (Phi) is 6.06. The third-order valence-corrected chi connectivity index (χ3v) is 4.44. The lowest BCUT2D eigenvalue weighted by Crippen LogP contribution is -2.45. The lowest BCUT2D eigenvalue weighted by molar-refractivity contribution is -0.182. The maximum Gasteiger partial charge on any atom is 0.391 e. The molecule has 2 rings (SSSR count). The summed E-state index contributed by atoms with van der Waals surface area (Å²) in [7, 11) is 1.87. The summed E-state index contributed by atoms with van der Waals surface area (Å²) in [4.78, 5) is 4.47. The van der Waals surface area contributed by atoms with Gasteiger partial charge in [0.05, 0.1) is 5.92 Å². The molecule has 1 saturated carbocycles. The molecule has 1 aromatic rings. The summed E-state index contributed by atoms with van der Waals surface area (Å²) in [5, 5.41) is 14.4. The Morgan fingerprint density at radius 2 is 1.92 bits per heavy atom. The Hall–Kier alpha value is -1.80. The molecule has 0 radical (unpaired) electrons. The Morgan fingerprint density at radius 1 is 1.25 bits per heavy atom. The first-order valence-corrected chi connectivity index (χ1v) is 8.27. The van der Waals surface area contributed by atoms with Crippen molar-refractivity contribution < 1.29 is 13.2 Å². The minimum absolute atomic E-state index is 0.0163. The highest BCUT2D eigenvalue weighted by Crippen LogP contribution is 2.37. The fraction of sp³-hybridized carbons (Fsp3) is 0.800. The van der Waals surface area contributed by atoms with E-state index in [9.17, 15) is 13.2 Å². The van der Waals surface area contributed by atoms with E-state index in [2.05, 4.69) is 25.8 Å². The monoisotopic (exact) mass is 346 g/mol. The molecule has 0 amide bonds. The van der Waals surface area contributed by atoms with Crippen LogP contribution in [0.5, 0.6) is 0 Å². The van der Waals surface area contributed by atoms with Gasteiger partial charge in [-0.05, 0) is 39.5 Å². The van der Waals surface area contributed by atoms with Crippen LogP contribution in [-0.2, 0) is 13.6 Å². The summed E-state index contributed by atoms with van der Waals surface area (Å²) >= 11 is 0. The molecule has 0 unspecified atom stereocenters. The number of rotatable bonds is 4. The van der Waals surface area contributed by atoms with E-state index >= 15 is 0 Å². The summed E-state index contributed by atoms with van der Waals surface area (Å²) in [5.74, 6) is 0.986.